The molecule has 0 aromatic heterocycles. The number of carbonyl (C=O) groups excluding carboxylic acids is 2. The van der Waals surface area contributed by atoms with Crippen molar-refractivity contribution in [2.75, 3.05) is 13.2 Å². The van der Waals surface area contributed by atoms with Crippen molar-refractivity contribution in [1.82, 2.24) is 0 Å². The SMILES string of the molecule is CCCCCC/C=C\CCCCCCCCCC(=O)O[C@H](COC(=O)CCCCCCCCCCCC)COP(=O)(O)O. The van der Waals surface area contributed by atoms with E-state index in [1.54, 1.807) is 0 Å². The predicted octanol–water partition coefficient (Wildman–Crippen LogP) is 9.90. The van der Waals surface area contributed by atoms with Crippen molar-refractivity contribution < 1.29 is 37.9 Å². The topological polar surface area (TPSA) is 119 Å². The van der Waals surface area contributed by atoms with Gasteiger partial charge in [-0.2, -0.15) is 0 Å². The van der Waals surface area contributed by atoms with E-state index in [-0.39, 0.29) is 19.4 Å². The summed E-state index contributed by atoms with van der Waals surface area (Å²) in [4.78, 5) is 42.5. The first-order chi connectivity index (χ1) is 20.8. The Morgan fingerprint density at radius 3 is 1.44 bits per heavy atom. The summed E-state index contributed by atoms with van der Waals surface area (Å²) in [7, 11) is -4.74. The van der Waals surface area contributed by atoms with Gasteiger partial charge in [-0.3, -0.25) is 14.1 Å². The van der Waals surface area contributed by atoms with Crippen LogP contribution in [0.2, 0.25) is 0 Å². The molecule has 0 saturated heterocycles. The standard InChI is InChI=1S/C34H65O8P/c1-3-5-7-9-11-13-15-16-17-18-19-21-23-25-27-29-34(36)42-32(31-41-43(37,38)39)30-40-33(35)28-26-24-22-20-14-12-10-8-6-4-2/h13,15,32H,3-12,14,16-31H2,1-2H3,(H2,37,38,39)/b15-13-/t32-/m1/s1. The van der Waals surface area contributed by atoms with Crippen LogP contribution in [0, 0.1) is 0 Å². The van der Waals surface area contributed by atoms with Crippen LogP contribution in [0.1, 0.15) is 174 Å². The third-order valence-corrected chi connectivity index (χ3v) is 8.02. The van der Waals surface area contributed by atoms with Gasteiger partial charge in [0, 0.05) is 12.8 Å². The fraction of sp³-hybridized carbons (Fsp3) is 0.882. The molecule has 0 rings (SSSR count). The second-order valence-corrected chi connectivity index (χ2v) is 13.1. The quantitative estimate of drug-likeness (QED) is 0.0325. The fourth-order valence-electron chi connectivity index (χ4n) is 4.90. The van der Waals surface area contributed by atoms with E-state index < -0.39 is 32.5 Å². The van der Waals surface area contributed by atoms with Gasteiger partial charge in [-0.05, 0) is 38.5 Å². The van der Waals surface area contributed by atoms with Crippen molar-refractivity contribution in [2.24, 2.45) is 0 Å². The number of carbonyl (C=O) groups is 2. The molecule has 0 bridgehead atoms. The molecule has 2 N–H and O–H groups in total. The van der Waals surface area contributed by atoms with E-state index in [0.717, 1.165) is 44.9 Å². The van der Waals surface area contributed by atoms with Crippen LogP contribution in [0.5, 0.6) is 0 Å². The average molecular weight is 633 g/mol. The Kier molecular flexibility index (Phi) is 29.9. The number of allylic oxidation sites excluding steroid dienone is 2. The summed E-state index contributed by atoms with van der Waals surface area (Å²) in [5.74, 6) is -0.887. The highest BCUT2D eigenvalue weighted by Gasteiger charge is 2.22. The second-order valence-electron chi connectivity index (χ2n) is 11.8. The molecule has 43 heavy (non-hydrogen) atoms. The van der Waals surface area contributed by atoms with Gasteiger partial charge >= 0.3 is 19.8 Å². The van der Waals surface area contributed by atoms with Gasteiger partial charge in [0.15, 0.2) is 6.10 Å². The molecular weight excluding hydrogens is 567 g/mol. The first-order valence-electron chi connectivity index (χ1n) is 17.5. The van der Waals surface area contributed by atoms with Crippen LogP contribution in [0.4, 0.5) is 0 Å². The first-order valence-corrected chi connectivity index (χ1v) is 19.0. The van der Waals surface area contributed by atoms with Crippen LogP contribution in [-0.4, -0.2) is 41.0 Å². The van der Waals surface area contributed by atoms with Gasteiger partial charge in [0.1, 0.15) is 6.61 Å². The van der Waals surface area contributed by atoms with E-state index in [4.69, 9.17) is 19.3 Å². The van der Waals surface area contributed by atoms with Gasteiger partial charge < -0.3 is 19.3 Å². The molecule has 254 valence electrons. The minimum Gasteiger partial charge on any atom is -0.462 e. The van der Waals surface area contributed by atoms with Crippen molar-refractivity contribution in [1.29, 1.82) is 0 Å². The monoisotopic (exact) mass is 632 g/mol. The zero-order chi connectivity index (χ0) is 31.9. The largest absolute Gasteiger partial charge is 0.469 e. The van der Waals surface area contributed by atoms with Gasteiger partial charge in [0.25, 0.3) is 0 Å². The maximum atomic E-state index is 12.3. The van der Waals surface area contributed by atoms with Crippen LogP contribution in [0.25, 0.3) is 0 Å². The van der Waals surface area contributed by atoms with E-state index in [9.17, 15) is 14.2 Å². The molecule has 0 amide bonds. The van der Waals surface area contributed by atoms with Crippen LogP contribution in [-0.2, 0) is 28.2 Å². The zero-order valence-electron chi connectivity index (χ0n) is 27.6. The van der Waals surface area contributed by atoms with Crippen molar-refractivity contribution in [3.05, 3.63) is 12.2 Å². The summed E-state index contributed by atoms with van der Waals surface area (Å²) in [5.41, 5.74) is 0. The molecule has 0 aliphatic carbocycles. The lowest BCUT2D eigenvalue weighted by atomic mass is 10.1. The highest BCUT2D eigenvalue weighted by atomic mass is 31.2. The summed E-state index contributed by atoms with van der Waals surface area (Å²) >= 11 is 0. The molecule has 9 heteroatoms. The van der Waals surface area contributed by atoms with Crippen molar-refractivity contribution in [2.45, 2.75) is 180 Å². The Morgan fingerprint density at radius 2 is 0.977 bits per heavy atom. The summed E-state index contributed by atoms with van der Waals surface area (Å²) in [6.45, 7) is 3.64. The molecule has 0 aromatic rings. The highest BCUT2D eigenvalue weighted by Crippen LogP contribution is 2.36. The number of hydrogen-bond acceptors (Lipinski definition) is 6. The third kappa shape index (κ3) is 33.5. The van der Waals surface area contributed by atoms with E-state index in [2.05, 4.69) is 30.5 Å². The summed E-state index contributed by atoms with van der Waals surface area (Å²) in [6, 6.07) is 0. The Morgan fingerprint density at radius 1 is 0.581 bits per heavy atom. The number of unbranched alkanes of at least 4 members (excludes halogenated alkanes) is 20. The van der Waals surface area contributed by atoms with Gasteiger partial charge in [0.2, 0.25) is 0 Å². The molecule has 0 saturated carbocycles. The van der Waals surface area contributed by atoms with Crippen molar-refractivity contribution in [3.63, 3.8) is 0 Å². The molecule has 0 fully saturated rings. The number of phosphoric ester groups is 1. The highest BCUT2D eigenvalue weighted by molar-refractivity contribution is 7.46. The minimum absolute atomic E-state index is 0.210. The van der Waals surface area contributed by atoms with E-state index in [0.29, 0.717) is 6.42 Å². The van der Waals surface area contributed by atoms with Crippen LogP contribution in [0.3, 0.4) is 0 Å². The molecule has 0 radical (unpaired) electrons. The molecule has 0 aliphatic rings. The van der Waals surface area contributed by atoms with Crippen LogP contribution in [0.15, 0.2) is 12.2 Å². The smallest absolute Gasteiger partial charge is 0.462 e. The predicted molar refractivity (Wildman–Crippen MR) is 175 cm³/mol. The number of phosphoric acid groups is 1. The van der Waals surface area contributed by atoms with E-state index in [1.165, 1.54) is 96.3 Å². The maximum absolute atomic E-state index is 12.3. The van der Waals surface area contributed by atoms with Crippen LogP contribution >= 0.6 is 7.82 Å². The normalized spacial score (nSPS) is 12.6. The van der Waals surface area contributed by atoms with E-state index in [1.807, 2.05) is 0 Å². The van der Waals surface area contributed by atoms with Gasteiger partial charge in [-0.25, -0.2) is 4.57 Å². The number of ether oxygens (including phenoxy) is 2. The fourth-order valence-corrected chi connectivity index (χ4v) is 5.26. The molecule has 0 unspecified atom stereocenters. The first kappa shape index (κ1) is 41.8. The Labute approximate surface area is 263 Å². The lowest BCUT2D eigenvalue weighted by Gasteiger charge is -2.18. The lowest BCUT2D eigenvalue weighted by molar-refractivity contribution is -0.161. The lowest BCUT2D eigenvalue weighted by Crippen LogP contribution is -2.29. The molecular formula is C34H65O8P. The summed E-state index contributed by atoms with van der Waals surface area (Å²) < 4.78 is 26.2. The van der Waals surface area contributed by atoms with Gasteiger partial charge in [0.05, 0.1) is 6.61 Å². The minimum atomic E-state index is -4.74. The molecule has 0 aromatic carbocycles. The maximum Gasteiger partial charge on any atom is 0.469 e. The number of hydrogen-bond donors (Lipinski definition) is 2. The Hall–Kier alpha value is -1.21. The Bertz CT molecular complexity index is 721. The molecule has 1 atom stereocenters. The molecule has 0 aliphatic heterocycles. The molecule has 8 nitrogen and oxygen atoms in total. The number of esters is 2. The summed E-state index contributed by atoms with van der Waals surface area (Å²) in [5, 5.41) is 0. The van der Waals surface area contributed by atoms with Gasteiger partial charge in [-0.15, -0.1) is 0 Å². The van der Waals surface area contributed by atoms with E-state index >= 15 is 0 Å². The third-order valence-electron chi connectivity index (χ3n) is 7.53. The van der Waals surface area contributed by atoms with Crippen LogP contribution < -0.4 is 0 Å². The van der Waals surface area contributed by atoms with Gasteiger partial charge in [-0.1, -0.05) is 135 Å². The van der Waals surface area contributed by atoms with Crippen molar-refractivity contribution >= 4 is 19.8 Å². The average Bonchev–Trinajstić information content (AvgIpc) is 2.97. The molecule has 0 spiro atoms. The van der Waals surface area contributed by atoms with Crippen molar-refractivity contribution in [3.8, 4) is 0 Å². The molecule has 0 heterocycles. The summed E-state index contributed by atoms with van der Waals surface area (Å²) in [6.07, 6.45) is 30.8. The zero-order valence-corrected chi connectivity index (χ0v) is 28.5. The number of rotatable bonds is 32. The second kappa shape index (κ2) is 30.8. The Balaban J connectivity index is 3.98.